The summed E-state index contributed by atoms with van der Waals surface area (Å²) >= 11 is 0. The molecule has 2 N–H and O–H groups in total. The molecule has 7 nitrogen and oxygen atoms in total. The number of aromatic amines is 1. The second-order valence-electron chi connectivity index (χ2n) is 5.77. The molecule has 3 aromatic rings. The van der Waals surface area contributed by atoms with Gasteiger partial charge in [-0.25, -0.2) is 9.97 Å². The fraction of sp³-hybridized carbons (Fsp3) is 0.412. The summed E-state index contributed by atoms with van der Waals surface area (Å²) in [5.41, 5.74) is 2.69. The van der Waals surface area contributed by atoms with E-state index >= 15 is 0 Å². The maximum absolute atomic E-state index is 8.52. The Morgan fingerprint density at radius 3 is 3.12 bits per heavy atom. The van der Waals surface area contributed by atoms with Crippen molar-refractivity contribution in [3.8, 4) is 17.3 Å². The van der Waals surface area contributed by atoms with E-state index in [-0.39, 0.29) is 6.17 Å². The molecule has 0 saturated carbocycles. The van der Waals surface area contributed by atoms with E-state index in [1.807, 2.05) is 29.3 Å². The van der Waals surface area contributed by atoms with Crippen LogP contribution in [0.15, 0.2) is 31.0 Å². The molecule has 0 bridgehead atoms. The molecule has 0 aliphatic heterocycles. The Kier molecular flexibility index (Phi) is 5.18. The summed E-state index contributed by atoms with van der Waals surface area (Å²) in [6, 6.07) is 4.15. The molecule has 1 unspecified atom stereocenters. The van der Waals surface area contributed by atoms with Gasteiger partial charge >= 0.3 is 0 Å². The topological polar surface area (TPSA) is 95.2 Å². The minimum absolute atomic E-state index is 0.110. The minimum Gasteiger partial charge on any atom is -0.346 e. The summed E-state index contributed by atoms with van der Waals surface area (Å²) in [5, 5.41) is 17.4. The van der Waals surface area contributed by atoms with Crippen LogP contribution in [0.4, 0.5) is 0 Å². The molecular weight excluding hydrogens is 302 g/mol. The predicted molar refractivity (Wildman–Crippen MR) is 91.9 cm³/mol. The van der Waals surface area contributed by atoms with Gasteiger partial charge in [0.05, 0.1) is 24.1 Å². The fourth-order valence-electron chi connectivity index (χ4n) is 2.68. The van der Waals surface area contributed by atoms with Crippen molar-refractivity contribution in [3.05, 3.63) is 31.0 Å². The van der Waals surface area contributed by atoms with Gasteiger partial charge in [-0.3, -0.25) is 10.00 Å². The highest BCUT2D eigenvalue weighted by molar-refractivity contribution is 5.89. The number of nitrogens with zero attached hydrogens (tertiary/aromatic N) is 5. The van der Waals surface area contributed by atoms with E-state index in [0.29, 0.717) is 6.42 Å². The van der Waals surface area contributed by atoms with Crippen molar-refractivity contribution < 1.29 is 0 Å². The zero-order valence-electron chi connectivity index (χ0n) is 13.7. The number of aromatic nitrogens is 5. The van der Waals surface area contributed by atoms with Crippen LogP contribution < -0.4 is 5.32 Å². The number of H-pyrrole nitrogens is 1. The van der Waals surface area contributed by atoms with Crippen LogP contribution in [0.25, 0.3) is 22.3 Å². The number of rotatable bonds is 8. The number of unbranched alkanes of at least 4 members (excludes halogenated alkanes) is 3. The molecule has 3 rings (SSSR count). The van der Waals surface area contributed by atoms with Gasteiger partial charge in [0.2, 0.25) is 0 Å². The zero-order chi connectivity index (χ0) is 16.8. The monoisotopic (exact) mass is 323 g/mol. The summed E-state index contributed by atoms with van der Waals surface area (Å²) in [4.78, 5) is 11.7. The van der Waals surface area contributed by atoms with E-state index in [2.05, 4.69) is 38.4 Å². The third kappa shape index (κ3) is 3.60. The largest absolute Gasteiger partial charge is 0.346 e. The number of hydrogen-bond acceptors (Lipinski definition) is 5. The van der Waals surface area contributed by atoms with E-state index in [9.17, 15) is 0 Å². The van der Waals surface area contributed by atoms with Crippen LogP contribution in [-0.2, 0) is 0 Å². The van der Waals surface area contributed by atoms with Gasteiger partial charge in [-0.1, -0.05) is 6.42 Å². The van der Waals surface area contributed by atoms with Crippen molar-refractivity contribution in [2.75, 3.05) is 6.54 Å². The first-order valence-electron chi connectivity index (χ1n) is 8.22. The molecule has 0 aliphatic carbocycles. The Morgan fingerprint density at radius 1 is 1.33 bits per heavy atom. The maximum atomic E-state index is 8.52. The van der Waals surface area contributed by atoms with E-state index in [1.54, 1.807) is 6.33 Å². The third-order valence-corrected chi connectivity index (χ3v) is 4.03. The fourth-order valence-corrected chi connectivity index (χ4v) is 2.68. The number of nitriles is 1. The highest BCUT2D eigenvalue weighted by Gasteiger charge is 2.11. The maximum Gasteiger partial charge on any atom is 0.141 e. The van der Waals surface area contributed by atoms with Gasteiger partial charge in [0.25, 0.3) is 0 Å². The third-order valence-electron chi connectivity index (χ3n) is 4.03. The van der Waals surface area contributed by atoms with Crippen molar-refractivity contribution in [2.45, 2.75) is 38.8 Å². The van der Waals surface area contributed by atoms with Gasteiger partial charge in [-0.05, 0) is 32.4 Å². The van der Waals surface area contributed by atoms with Gasteiger partial charge < -0.3 is 4.98 Å². The van der Waals surface area contributed by atoms with E-state index in [0.717, 1.165) is 48.1 Å². The van der Waals surface area contributed by atoms with Gasteiger partial charge in [0.15, 0.2) is 0 Å². The number of nitrogens with one attached hydrogen (secondary N) is 2. The lowest BCUT2D eigenvalue weighted by Crippen LogP contribution is -2.25. The second-order valence-corrected chi connectivity index (χ2v) is 5.77. The molecular formula is C17H21N7. The molecule has 3 aromatic heterocycles. The number of hydrogen-bond donors (Lipinski definition) is 2. The molecule has 1 atom stereocenters. The first-order valence-corrected chi connectivity index (χ1v) is 8.22. The average Bonchev–Trinajstić information content (AvgIpc) is 3.26. The Balaban J connectivity index is 1.61. The van der Waals surface area contributed by atoms with E-state index in [1.165, 1.54) is 0 Å². The van der Waals surface area contributed by atoms with Crippen molar-refractivity contribution in [2.24, 2.45) is 0 Å². The van der Waals surface area contributed by atoms with Crippen LogP contribution in [0, 0.1) is 11.3 Å². The second kappa shape index (κ2) is 7.70. The van der Waals surface area contributed by atoms with Crippen LogP contribution in [0.3, 0.4) is 0 Å². The lowest BCUT2D eigenvalue weighted by molar-refractivity contribution is 0.395. The Hall–Kier alpha value is -2.72. The average molecular weight is 323 g/mol. The van der Waals surface area contributed by atoms with Gasteiger partial charge in [-0.15, -0.1) is 0 Å². The smallest absolute Gasteiger partial charge is 0.141 e. The van der Waals surface area contributed by atoms with Gasteiger partial charge in [0, 0.05) is 29.8 Å². The standard InChI is InChI=1S/C17H21N7/c1-13(19-8-5-3-2-4-7-18)24-11-14(10-23-24)16-15-6-9-20-17(15)22-12-21-16/h6,9-13,19H,2-5,8H2,1H3,(H,20,21,22). The summed E-state index contributed by atoms with van der Waals surface area (Å²) in [7, 11) is 0. The van der Waals surface area contributed by atoms with Crippen molar-refractivity contribution in [3.63, 3.8) is 0 Å². The van der Waals surface area contributed by atoms with E-state index in [4.69, 9.17) is 5.26 Å². The van der Waals surface area contributed by atoms with Crippen LogP contribution in [0.5, 0.6) is 0 Å². The van der Waals surface area contributed by atoms with Crippen LogP contribution in [0.2, 0.25) is 0 Å². The van der Waals surface area contributed by atoms with E-state index < -0.39 is 0 Å². The first-order chi connectivity index (χ1) is 11.8. The normalized spacial score (nSPS) is 12.3. The van der Waals surface area contributed by atoms with Gasteiger partial charge in [0.1, 0.15) is 12.0 Å². The molecule has 24 heavy (non-hydrogen) atoms. The van der Waals surface area contributed by atoms with Crippen molar-refractivity contribution >= 4 is 11.0 Å². The molecule has 0 amide bonds. The molecule has 3 heterocycles. The summed E-state index contributed by atoms with van der Waals surface area (Å²) in [6.07, 6.45) is 11.1. The highest BCUT2D eigenvalue weighted by Crippen LogP contribution is 2.24. The zero-order valence-corrected chi connectivity index (χ0v) is 13.7. The van der Waals surface area contributed by atoms with Crippen LogP contribution >= 0.6 is 0 Å². The number of fused-ring (bicyclic) bond motifs is 1. The van der Waals surface area contributed by atoms with Gasteiger partial charge in [-0.2, -0.15) is 10.4 Å². The molecule has 0 aliphatic rings. The predicted octanol–water partition coefficient (Wildman–Crippen LogP) is 3.01. The summed E-state index contributed by atoms with van der Waals surface area (Å²) in [6.45, 7) is 3.00. The lowest BCUT2D eigenvalue weighted by atomic mass is 10.2. The Morgan fingerprint density at radius 2 is 2.25 bits per heavy atom. The highest BCUT2D eigenvalue weighted by atomic mass is 15.3. The molecule has 0 saturated heterocycles. The summed E-state index contributed by atoms with van der Waals surface area (Å²) < 4.78 is 1.91. The van der Waals surface area contributed by atoms with Crippen LogP contribution in [-0.4, -0.2) is 31.3 Å². The molecule has 0 radical (unpaired) electrons. The van der Waals surface area contributed by atoms with Crippen molar-refractivity contribution in [1.29, 1.82) is 5.26 Å². The quantitative estimate of drug-likeness (QED) is 0.621. The van der Waals surface area contributed by atoms with Crippen molar-refractivity contribution in [1.82, 2.24) is 30.0 Å². The SMILES string of the molecule is CC(NCCCCCC#N)n1cc(-c2ncnc3[nH]ccc23)cn1. The molecule has 0 aromatic carbocycles. The molecule has 0 spiro atoms. The summed E-state index contributed by atoms with van der Waals surface area (Å²) in [5.74, 6) is 0. The molecule has 7 heteroatoms. The van der Waals surface area contributed by atoms with Crippen LogP contribution in [0.1, 0.15) is 38.8 Å². The molecule has 0 fully saturated rings. The molecule has 124 valence electrons. The first kappa shape index (κ1) is 16.1. The minimum atomic E-state index is 0.110. The Bertz CT molecular complexity index is 827. The Labute approximate surface area is 140 Å². The lowest BCUT2D eigenvalue weighted by Gasteiger charge is -2.14.